The molecule has 1 aromatic heterocycles. The number of imidazole rings is 1. The molecule has 0 amide bonds. The van der Waals surface area contributed by atoms with E-state index in [9.17, 15) is 0 Å². The van der Waals surface area contributed by atoms with Crippen LogP contribution in [0.5, 0.6) is 0 Å². The summed E-state index contributed by atoms with van der Waals surface area (Å²) in [6, 6.07) is 7.67. The molecule has 1 aromatic carbocycles. The largest absolute Gasteiger partial charge is 0.379 e. The quantitative estimate of drug-likeness (QED) is 0.829. The van der Waals surface area contributed by atoms with Crippen LogP contribution < -0.4 is 5.73 Å². The zero-order valence-corrected chi connectivity index (χ0v) is 10.7. The third-order valence-corrected chi connectivity index (χ3v) is 3.44. The zero-order chi connectivity index (χ0) is 13.2. The summed E-state index contributed by atoms with van der Waals surface area (Å²) < 4.78 is 7.53. The van der Waals surface area contributed by atoms with Crippen molar-refractivity contribution in [2.24, 2.45) is 5.92 Å². The number of hydrogen-bond acceptors (Lipinski definition) is 4. The molecule has 1 heterocycles. The van der Waals surface area contributed by atoms with Gasteiger partial charge in [0.25, 0.3) is 0 Å². The van der Waals surface area contributed by atoms with E-state index < -0.39 is 0 Å². The van der Waals surface area contributed by atoms with Gasteiger partial charge in [0.05, 0.1) is 17.7 Å². The van der Waals surface area contributed by atoms with Gasteiger partial charge < -0.3 is 15.0 Å². The van der Waals surface area contributed by atoms with Gasteiger partial charge in [-0.25, -0.2) is 4.98 Å². The average molecular weight is 256 g/mol. The summed E-state index contributed by atoms with van der Waals surface area (Å²) in [5.41, 5.74) is 8.04. The van der Waals surface area contributed by atoms with Crippen molar-refractivity contribution < 1.29 is 4.74 Å². The van der Waals surface area contributed by atoms with E-state index >= 15 is 0 Å². The molecule has 1 aliphatic carbocycles. The fourth-order valence-corrected chi connectivity index (χ4v) is 2.18. The topological polar surface area (TPSA) is 76.9 Å². The molecule has 0 spiro atoms. The monoisotopic (exact) mass is 256 g/mol. The van der Waals surface area contributed by atoms with Gasteiger partial charge in [0.15, 0.2) is 0 Å². The van der Waals surface area contributed by atoms with E-state index in [1.54, 1.807) is 6.07 Å². The predicted octanol–water partition coefficient (Wildman–Crippen LogP) is 1.92. The van der Waals surface area contributed by atoms with Crippen molar-refractivity contribution in [1.29, 1.82) is 5.26 Å². The van der Waals surface area contributed by atoms with Gasteiger partial charge >= 0.3 is 0 Å². The van der Waals surface area contributed by atoms with Gasteiger partial charge in [0.2, 0.25) is 5.95 Å². The lowest BCUT2D eigenvalue weighted by Crippen LogP contribution is -2.10. The molecule has 5 nitrogen and oxygen atoms in total. The lowest BCUT2D eigenvalue weighted by atomic mass is 10.2. The summed E-state index contributed by atoms with van der Waals surface area (Å²) in [4.78, 5) is 4.27. The first-order chi connectivity index (χ1) is 9.29. The molecular weight excluding hydrogens is 240 g/mol. The number of aromatic nitrogens is 2. The van der Waals surface area contributed by atoms with E-state index in [1.807, 2.05) is 16.7 Å². The maximum Gasteiger partial charge on any atom is 0.201 e. The fraction of sp³-hybridized carbons (Fsp3) is 0.429. The highest BCUT2D eigenvalue weighted by molar-refractivity contribution is 5.83. The van der Waals surface area contributed by atoms with Crippen molar-refractivity contribution in [3.63, 3.8) is 0 Å². The van der Waals surface area contributed by atoms with Crippen molar-refractivity contribution in [3.05, 3.63) is 23.8 Å². The molecule has 19 heavy (non-hydrogen) atoms. The minimum absolute atomic E-state index is 0.438. The summed E-state index contributed by atoms with van der Waals surface area (Å²) in [6.45, 7) is 2.14. The lowest BCUT2D eigenvalue weighted by Gasteiger charge is -2.07. The van der Waals surface area contributed by atoms with E-state index in [2.05, 4.69) is 11.1 Å². The number of fused-ring (bicyclic) bond motifs is 1. The molecule has 2 aromatic rings. The maximum atomic E-state index is 9.05. The highest BCUT2D eigenvalue weighted by Crippen LogP contribution is 2.28. The number of para-hydroxylation sites is 1. The highest BCUT2D eigenvalue weighted by atomic mass is 16.5. The molecule has 2 N–H and O–H groups in total. The SMILES string of the molecule is N#Cc1cccc2c1nc(N)n2CCOCC1CC1. The minimum atomic E-state index is 0.438. The van der Waals surface area contributed by atoms with Gasteiger partial charge in [-0.1, -0.05) is 6.07 Å². The number of rotatable bonds is 5. The molecule has 98 valence electrons. The summed E-state index contributed by atoms with van der Waals surface area (Å²) >= 11 is 0. The van der Waals surface area contributed by atoms with Crippen LogP contribution in [-0.4, -0.2) is 22.8 Å². The van der Waals surface area contributed by atoms with Gasteiger partial charge in [-0.2, -0.15) is 5.26 Å². The Morgan fingerprint density at radius 2 is 2.32 bits per heavy atom. The van der Waals surface area contributed by atoms with Crippen LogP contribution in [-0.2, 0) is 11.3 Å². The van der Waals surface area contributed by atoms with Gasteiger partial charge in [0.1, 0.15) is 11.6 Å². The smallest absolute Gasteiger partial charge is 0.201 e. The van der Waals surface area contributed by atoms with Crippen LogP contribution in [0.3, 0.4) is 0 Å². The second-order valence-electron chi connectivity index (χ2n) is 4.93. The zero-order valence-electron chi connectivity index (χ0n) is 10.7. The Kier molecular flexibility index (Phi) is 3.10. The molecule has 1 aliphatic rings. The second-order valence-corrected chi connectivity index (χ2v) is 4.93. The summed E-state index contributed by atoms with van der Waals surface area (Å²) in [5.74, 6) is 1.20. The summed E-state index contributed by atoms with van der Waals surface area (Å²) in [6.07, 6.45) is 2.59. The molecule has 0 radical (unpaired) electrons. The third-order valence-electron chi connectivity index (χ3n) is 3.44. The lowest BCUT2D eigenvalue weighted by molar-refractivity contribution is 0.118. The first kappa shape index (κ1) is 12.0. The number of nitriles is 1. The van der Waals surface area contributed by atoms with E-state index in [0.29, 0.717) is 30.2 Å². The van der Waals surface area contributed by atoms with Crippen molar-refractivity contribution in [3.8, 4) is 6.07 Å². The van der Waals surface area contributed by atoms with Crippen molar-refractivity contribution >= 4 is 17.0 Å². The van der Waals surface area contributed by atoms with Gasteiger partial charge in [-0.05, 0) is 30.9 Å². The summed E-state index contributed by atoms with van der Waals surface area (Å²) in [7, 11) is 0. The molecule has 1 saturated carbocycles. The van der Waals surface area contributed by atoms with Crippen LogP contribution in [0, 0.1) is 17.2 Å². The van der Waals surface area contributed by atoms with Crippen molar-refractivity contribution in [2.45, 2.75) is 19.4 Å². The highest BCUT2D eigenvalue weighted by Gasteiger charge is 2.21. The first-order valence-corrected chi connectivity index (χ1v) is 6.52. The Morgan fingerprint density at radius 1 is 1.47 bits per heavy atom. The standard InChI is InChI=1S/C14H16N4O/c15-8-11-2-1-3-12-13(11)17-14(16)18(12)6-7-19-9-10-4-5-10/h1-3,10H,4-7,9H2,(H2,16,17). The first-order valence-electron chi connectivity index (χ1n) is 6.52. The number of benzene rings is 1. The van der Waals surface area contributed by atoms with E-state index in [-0.39, 0.29) is 0 Å². The molecule has 0 atom stereocenters. The van der Waals surface area contributed by atoms with Gasteiger partial charge in [-0.15, -0.1) is 0 Å². The van der Waals surface area contributed by atoms with Crippen LogP contribution >= 0.6 is 0 Å². The van der Waals surface area contributed by atoms with E-state index in [4.69, 9.17) is 15.7 Å². The number of hydrogen-bond donors (Lipinski definition) is 1. The number of ether oxygens (including phenoxy) is 1. The molecule has 0 bridgehead atoms. The van der Waals surface area contributed by atoms with Crippen LogP contribution in [0.15, 0.2) is 18.2 Å². The average Bonchev–Trinajstić information content (AvgIpc) is 3.18. The van der Waals surface area contributed by atoms with E-state index in [0.717, 1.165) is 18.0 Å². The Bertz CT molecular complexity index is 637. The van der Waals surface area contributed by atoms with E-state index in [1.165, 1.54) is 12.8 Å². The number of nitrogens with two attached hydrogens (primary N) is 1. The Balaban J connectivity index is 1.78. The molecule has 5 heteroatoms. The third kappa shape index (κ3) is 2.40. The maximum absolute atomic E-state index is 9.05. The molecular formula is C14H16N4O. The number of anilines is 1. The predicted molar refractivity (Wildman–Crippen MR) is 72.4 cm³/mol. The number of nitrogens with zero attached hydrogens (tertiary/aromatic N) is 3. The minimum Gasteiger partial charge on any atom is -0.379 e. The molecule has 0 unspecified atom stereocenters. The normalized spacial score (nSPS) is 14.7. The van der Waals surface area contributed by atoms with Crippen molar-refractivity contribution in [2.75, 3.05) is 18.9 Å². The molecule has 3 rings (SSSR count). The summed E-state index contributed by atoms with van der Waals surface area (Å²) in [5, 5.41) is 9.05. The second kappa shape index (κ2) is 4.90. The molecule has 0 aliphatic heterocycles. The molecule has 1 fully saturated rings. The van der Waals surface area contributed by atoms with Crippen LogP contribution in [0.4, 0.5) is 5.95 Å². The Hall–Kier alpha value is -2.06. The number of nitrogen functional groups attached to an aromatic ring is 1. The van der Waals surface area contributed by atoms with Crippen molar-refractivity contribution in [1.82, 2.24) is 9.55 Å². The van der Waals surface area contributed by atoms with Gasteiger partial charge in [-0.3, -0.25) is 0 Å². The van der Waals surface area contributed by atoms with Crippen LogP contribution in [0.1, 0.15) is 18.4 Å². The Morgan fingerprint density at radius 3 is 3.05 bits per heavy atom. The Labute approximate surface area is 111 Å². The fourth-order valence-electron chi connectivity index (χ4n) is 2.18. The van der Waals surface area contributed by atoms with Crippen LogP contribution in [0.2, 0.25) is 0 Å². The van der Waals surface area contributed by atoms with Crippen LogP contribution in [0.25, 0.3) is 11.0 Å². The molecule has 0 saturated heterocycles. The van der Waals surface area contributed by atoms with Gasteiger partial charge in [0, 0.05) is 13.2 Å².